The van der Waals surface area contributed by atoms with E-state index in [9.17, 15) is 4.79 Å². The molecule has 124 valence electrons. The number of rotatable bonds is 2. The summed E-state index contributed by atoms with van der Waals surface area (Å²) in [5.41, 5.74) is 1.94. The lowest BCUT2D eigenvalue weighted by Gasteiger charge is -2.37. The SMILES string of the molecule is O=C(N[C@@H]1CCNC1)N1CCN(c2ccccn2)c2ccccc21. The van der Waals surface area contributed by atoms with E-state index >= 15 is 0 Å². The molecule has 2 aliphatic rings. The van der Waals surface area contributed by atoms with Crippen LogP contribution in [-0.4, -0.2) is 43.2 Å². The zero-order valence-corrected chi connectivity index (χ0v) is 13.5. The number of carbonyl (C=O) groups is 1. The van der Waals surface area contributed by atoms with Crippen LogP contribution < -0.4 is 20.4 Å². The van der Waals surface area contributed by atoms with Crippen LogP contribution in [0.5, 0.6) is 0 Å². The minimum absolute atomic E-state index is 0.0168. The third kappa shape index (κ3) is 2.80. The Hall–Kier alpha value is -2.60. The number of hydrogen-bond donors (Lipinski definition) is 2. The molecule has 1 fully saturated rings. The van der Waals surface area contributed by atoms with Gasteiger partial charge in [0.2, 0.25) is 0 Å². The summed E-state index contributed by atoms with van der Waals surface area (Å²) in [5, 5.41) is 6.41. The molecule has 4 rings (SSSR count). The molecule has 2 aliphatic heterocycles. The van der Waals surface area contributed by atoms with Crippen LogP contribution in [0.25, 0.3) is 0 Å². The largest absolute Gasteiger partial charge is 0.334 e. The first kappa shape index (κ1) is 15.0. The Morgan fingerprint density at radius 2 is 1.96 bits per heavy atom. The summed E-state index contributed by atoms with van der Waals surface area (Å²) in [7, 11) is 0. The van der Waals surface area contributed by atoms with Crippen molar-refractivity contribution in [3.05, 3.63) is 48.7 Å². The Morgan fingerprint density at radius 3 is 2.71 bits per heavy atom. The number of fused-ring (bicyclic) bond motifs is 1. The maximum Gasteiger partial charge on any atom is 0.322 e. The molecule has 0 radical (unpaired) electrons. The van der Waals surface area contributed by atoms with Gasteiger partial charge in [-0.05, 0) is 37.2 Å². The maximum atomic E-state index is 12.7. The zero-order valence-electron chi connectivity index (χ0n) is 13.5. The van der Waals surface area contributed by atoms with E-state index in [4.69, 9.17) is 0 Å². The van der Waals surface area contributed by atoms with Gasteiger partial charge in [-0.3, -0.25) is 4.90 Å². The number of hydrogen-bond acceptors (Lipinski definition) is 4. The molecule has 1 atom stereocenters. The number of benzene rings is 1. The lowest BCUT2D eigenvalue weighted by molar-refractivity contribution is 0.243. The molecule has 6 nitrogen and oxygen atoms in total. The lowest BCUT2D eigenvalue weighted by Crippen LogP contribution is -2.50. The molecule has 1 saturated heterocycles. The van der Waals surface area contributed by atoms with Crippen LogP contribution in [0.3, 0.4) is 0 Å². The predicted octanol–water partition coefficient (Wildman–Crippen LogP) is 2.11. The molecule has 3 heterocycles. The van der Waals surface area contributed by atoms with E-state index in [0.717, 1.165) is 43.2 Å². The Labute approximate surface area is 141 Å². The van der Waals surface area contributed by atoms with Gasteiger partial charge in [-0.25, -0.2) is 9.78 Å². The lowest BCUT2D eigenvalue weighted by atomic mass is 10.1. The molecule has 2 N–H and O–H groups in total. The number of aromatic nitrogens is 1. The van der Waals surface area contributed by atoms with Crippen molar-refractivity contribution in [1.82, 2.24) is 15.6 Å². The highest BCUT2D eigenvalue weighted by atomic mass is 16.2. The van der Waals surface area contributed by atoms with Gasteiger partial charge in [0.05, 0.1) is 11.4 Å². The molecule has 1 aromatic heterocycles. The van der Waals surface area contributed by atoms with Crippen molar-refractivity contribution in [2.75, 3.05) is 36.0 Å². The van der Waals surface area contributed by atoms with Gasteiger partial charge in [0, 0.05) is 31.9 Å². The molecule has 0 spiro atoms. The van der Waals surface area contributed by atoms with E-state index in [-0.39, 0.29) is 12.1 Å². The van der Waals surface area contributed by atoms with Gasteiger partial charge in [-0.15, -0.1) is 0 Å². The van der Waals surface area contributed by atoms with Crippen LogP contribution >= 0.6 is 0 Å². The molecule has 24 heavy (non-hydrogen) atoms. The molecule has 1 aromatic carbocycles. The van der Waals surface area contributed by atoms with Crippen LogP contribution in [0, 0.1) is 0 Å². The fourth-order valence-corrected chi connectivity index (χ4v) is 3.35. The Balaban J connectivity index is 1.60. The molecule has 0 saturated carbocycles. The summed E-state index contributed by atoms with van der Waals surface area (Å²) in [5.74, 6) is 0.907. The normalized spacial score (nSPS) is 19.9. The molecule has 0 aliphatic carbocycles. The number of para-hydroxylation sites is 2. The summed E-state index contributed by atoms with van der Waals surface area (Å²) in [6.45, 7) is 3.18. The van der Waals surface area contributed by atoms with Crippen molar-refractivity contribution in [2.45, 2.75) is 12.5 Å². The van der Waals surface area contributed by atoms with Gasteiger partial charge in [-0.2, -0.15) is 0 Å². The topological polar surface area (TPSA) is 60.5 Å². The van der Waals surface area contributed by atoms with Crippen molar-refractivity contribution in [2.24, 2.45) is 0 Å². The predicted molar refractivity (Wildman–Crippen MR) is 94.8 cm³/mol. The maximum absolute atomic E-state index is 12.7. The Bertz CT molecular complexity index is 714. The van der Waals surface area contributed by atoms with Crippen LogP contribution in [0.1, 0.15) is 6.42 Å². The van der Waals surface area contributed by atoms with Crippen molar-refractivity contribution in [3.8, 4) is 0 Å². The minimum atomic E-state index is -0.0168. The fraction of sp³-hybridized carbons (Fsp3) is 0.333. The van der Waals surface area contributed by atoms with Crippen molar-refractivity contribution >= 4 is 23.2 Å². The van der Waals surface area contributed by atoms with E-state index in [1.165, 1.54) is 0 Å². The average Bonchev–Trinajstić information content (AvgIpc) is 3.14. The third-order valence-electron chi connectivity index (χ3n) is 4.57. The monoisotopic (exact) mass is 323 g/mol. The number of anilines is 3. The summed E-state index contributed by atoms with van der Waals surface area (Å²) in [6.07, 6.45) is 2.78. The first-order valence-electron chi connectivity index (χ1n) is 8.39. The smallest absolute Gasteiger partial charge is 0.322 e. The second-order valence-electron chi connectivity index (χ2n) is 6.12. The Kier molecular flexibility index (Phi) is 4.04. The molecule has 0 bridgehead atoms. The average molecular weight is 323 g/mol. The molecule has 2 aromatic rings. The van der Waals surface area contributed by atoms with E-state index < -0.39 is 0 Å². The zero-order chi connectivity index (χ0) is 16.4. The second-order valence-corrected chi connectivity index (χ2v) is 6.12. The van der Waals surface area contributed by atoms with Gasteiger partial charge in [0.15, 0.2) is 0 Å². The van der Waals surface area contributed by atoms with Gasteiger partial charge in [0.25, 0.3) is 0 Å². The fourth-order valence-electron chi connectivity index (χ4n) is 3.35. The van der Waals surface area contributed by atoms with E-state index in [1.807, 2.05) is 47.4 Å². The number of pyridine rings is 1. The van der Waals surface area contributed by atoms with Crippen molar-refractivity contribution in [1.29, 1.82) is 0 Å². The highest BCUT2D eigenvalue weighted by Gasteiger charge is 2.29. The van der Waals surface area contributed by atoms with Gasteiger partial charge < -0.3 is 15.5 Å². The summed E-state index contributed by atoms with van der Waals surface area (Å²) < 4.78 is 0. The van der Waals surface area contributed by atoms with Crippen molar-refractivity contribution < 1.29 is 4.79 Å². The van der Waals surface area contributed by atoms with Crippen LogP contribution in [0.2, 0.25) is 0 Å². The van der Waals surface area contributed by atoms with Gasteiger partial charge >= 0.3 is 6.03 Å². The minimum Gasteiger partial charge on any atom is -0.334 e. The van der Waals surface area contributed by atoms with Crippen LogP contribution in [0.15, 0.2) is 48.7 Å². The van der Waals surface area contributed by atoms with E-state index in [1.54, 1.807) is 6.20 Å². The second kappa shape index (κ2) is 6.49. The molecule has 6 heteroatoms. The Morgan fingerprint density at radius 1 is 1.12 bits per heavy atom. The van der Waals surface area contributed by atoms with E-state index in [2.05, 4.69) is 20.5 Å². The number of urea groups is 1. The molecule has 0 unspecified atom stereocenters. The summed E-state index contributed by atoms with van der Waals surface area (Å²) in [4.78, 5) is 21.2. The summed E-state index contributed by atoms with van der Waals surface area (Å²) >= 11 is 0. The number of nitrogens with zero attached hydrogens (tertiary/aromatic N) is 3. The van der Waals surface area contributed by atoms with Crippen LogP contribution in [-0.2, 0) is 0 Å². The molecule has 2 amide bonds. The highest BCUT2D eigenvalue weighted by Crippen LogP contribution is 2.36. The van der Waals surface area contributed by atoms with Gasteiger partial charge in [-0.1, -0.05) is 18.2 Å². The third-order valence-corrected chi connectivity index (χ3v) is 4.57. The first-order valence-corrected chi connectivity index (χ1v) is 8.39. The van der Waals surface area contributed by atoms with E-state index in [0.29, 0.717) is 6.54 Å². The van der Waals surface area contributed by atoms with Crippen LogP contribution in [0.4, 0.5) is 22.0 Å². The first-order chi connectivity index (χ1) is 11.8. The standard InChI is InChI=1S/C18H21N5O/c24-18(21-14-8-10-19-13-14)23-12-11-22(17-7-3-4-9-20-17)15-5-1-2-6-16(15)23/h1-7,9,14,19H,8,10-13H2,(H,21,24)/t14-/m1/s1. The summed E-state index contributed by atoms with van der Waals surface area (Å²) in [6, 6.07) is 14.1. The highest BCUT2D eigenvalue weighted by molar-refractivity contribution is 5.97. The molecular weight excluding hydrogens is 302 g/mol. The number of amides is 2. The number of nitrogens with one attached hydrogen (secondary N) is 2. The van der Waals surface area contributed by atoms with Crippen molar-refractivity contribution in [3.63, 3.8) is 0 Å². The number of carbonyl (C=O) groups excluding carboxylic acids is 1. The quantitative estimate of drug-likeness (QED) is 0.889. The van der Waals surface area contributed by atoms with Gasteiger partial charge in [0.1, 0.15) is 5.82 Å². The molecular formula is C18H21N5O.